The number of sulfonamides is 1. The number of rotatable bonds is 5. The third-order valence-corrected chi connectivity index (χ3v) is 7.10. The summed E-state index contributed by atoms with van der Waals surface area (Å²) in [5.41, 5.74) is -0.235. The van der Waals surface area contributed by atoms with Crippen LogP contribution in [0.3, 0.4) is 0 Å². The number of ether oxygens (including phenoxy) is 2. The van der Waals surface area contributed by atoms with Gasteiger partial charge in [0, 0.05) is 18.6 Å². The van der Waals surface area contributed by atoms with Crippen molar-refractivity contribution >= 4 is 16.0 Å². The van der Waals surface area contributed by atoms with Crippen molar-refractivity contribution in [3.63, 3.8) is 0 Å². The smallest absolute Gasteiger partial charge is 0.310 e. The lowest BCUT2D eigenvalue weighted by atomic mass is 9.65. The lowest BCUT2D eigenvalue weighted by molar-refractivity contribution is -0.145. The molecule has 0 bridgehead atoms. The molecule has 0 aromatic carbocycles. The van der Waals surface area contributed by atoms with Gasteiger partial charge in [-0.3, -0.25) is 4.79 Å². The van der Waals surface area contributed by atoms with E-state index in [1.807, 2.05) is 13.8 Å². The minimum atomic E-state index is -3.53. The Morgan fingerprint density at radius 1 is 1.24 bits per heavy atom. The molecular weight excluding hydrogens is 294 g/mol. The third kappa shape index (κ3) is 2.96. The van der Waals surface area contributed by atoms with Crippen LogP contribution in [0.2, 0.25) is 0 Å². The van der Waals surface area contributed by atoms with Crippen LogP contribution in [0, 0.1) is 11.3 Å². The minimum Gasteiger partial charge on any atom is -0.469 e. The van der Waals surface area contributed by atoms with Crippen LogP contribution in [0.4, 0.5) is 0 Å². The fourth-order valence-electron chi connectivity index (χ4n) is 3.49. The SMILES string of the molecule is COC(=O)C1CCCC1S(=O)(=O)NC1CC(OC)C1(C)C. The maximum absolute atomic E-state index is 12.6. The highest BCUT2D eigenvalue weighted by molar-refractivity contribution is 7.90. The summed E-state index contributed by atoms with van der Waals surface area (Å²) in [4.78, 5) is 11.7. The van der Waals surface area contributed by atoms with Crippen molar-refractivity contribution in [2.24, 2.45) is 11.3 Å². The highest BCUT2D eigenvalue weighted by Crippen LogP contribution is 2.43. The van der Waals surface area contributed by atoms with Gasteiger partial charge in [-0.05, 0) is 19.3 Å². The average Bonchev–Trinajstić information content (AvgIpc) is 2.92. The molecule has 21 heavy (non-hydrogen) atoms. The van der Waals surface area contributed by atoms with Gasteiger partial charge in [0.1, 0.15) is 0 Å². The molecule has 2 aliphatic rings. The number of hydrogen-bond acceptors (Lipinski definition) is 5. The molecule has 0 aromatic rings. The van der Waals surface area contributed by atoms with Crippen LogP contribution < -0.4 is 4.72 Å². The van der Waals surface area contributed by atoms with Crippen molar-refractivity contribution in [1.29, 1.82) is 0 Å². The molecule has 0 aliphatic heterocycles. The Kier molecular flexibility index (Phi) is 4.66. The molecule has 0 heterocycles. The first-order chi connectivity index (χ1) is 9.74. The number of esters is 1. The largest absolute Gasteiger partial charge is 0.469 e. The zero-order valence-corrected chi connectivity index (χ0v) is 13.9. The summed E-state index contributed by atoms with van der Waals surface area (Å²) in [6.45, 7) is 3.98. The highest BCUT2D eigenvalue weighted by atomic mass is 32.2. The zero-order valence-electron chi connectivity index (χ0n) is 13.1. The summed E-state index contributed by atoms with van der Waals surface area (Å²) in [5, 5.41) is -0.678. The Balaban J connectivity index is 2.07. The van der Waals surface area contributed by atoms with Gasteiger partial charge in [-0.15, -0.1) is 0 Å². The minimum absolute atomic E-state index is 0.0604. The number of methoxy groups -OCH3 is 2. The fourth-order valence-corrected chi connectivity index (χ4v) is 5.62. The van der Waals surface area contributed by atoms with Gasteiger partial charge in [0.2, 0.25) is 10.0 Å². The summed E-state index contributed by atoms with van der Waals surface area (Å²) in [5.74, 6) is -0.973. The van der Waals surface area contributed by atoms with Gasteiger partial charge in [-0.2, -0.15) is 0 Å². The lowest BCUT2D eigenvalue weighted by Crippen LogP contribution is -2.62. The molecular formula is C14H25NO5S. The summed E-state index contributed by atoms with van der Waals surface area (Å²) in [6, 6.07) is -0.147. The van der Waals surface area contributed by atoms with E-state index in [-0.39, 0.29) is 17.6 Å². The molecule has 2 saturated carbocycles. The molecule has 0 spiro atoms. The van der Waals surface area contributed by atoms with Gasteiger partial charge in [0.05, 0.1) is 24.4 Å². The van der Waals surface area contributed by atoms with Crippen LogP contribution in [-0.4, -0.2) is 46.0 Å². The first kappa shape index (κ1) is 16.7. The van der Waals surface area contributed by atoms with E-state index in [1.165, 1.54) is 7.11 Å². The number of carbonyl (C=O) groups is 1. The summed E-state index contributed by atoms with van der Waals surface area (Å²) in [7, 11) is -0.592. The van der Waals surface area contributed by atoms with E-state index in [9.17, 15) is 13.2 Å². The first-order valence-electron chi connectivity index (χ1n) is 7.35. The van der Waals surface area contributed by atoms with Gasteiger partial charge in [0.25, 0.3) is 0 Å². The summed E-state index contributed by atoms with van der Waals surface area (Å²) < 4.78 is 38.0. The molecule has 0 saturated heterocycles. The average molecular weight is 319 g/mol. The zero-order chi connectivity index (χ0) is 15.8. The van der Waals surface area contributed by atoms with Gasteiger partial charge < -0.3 is 9.47 Å². The predicted molar refractivity (Wildman–Crippen MR) is 78.2 cm³/mol. The topological polar surface area (TPSA) is 81.7 Å². The van der Waals surface area contributed by atoms with E-state index in [4.69, 9.17) is 9.47 Å². The second kappa shape index (κ2) is 5.85. The second-order valence-electron chi connectivity index (χ2n) is 6.60. The standard InChI is InChI=1S/C14H25NO5S/c1-14(2)11(8-12(14)19-3)15-21(17,18)10-7-5-6-9(10)13(16)20-4/h9-12,15H,5-8H2,1-4H3. The molecule has 0 aromatic heterocycles. The Morgan fingerprint density at radius 3 is 2.43 bits per heavy atom. The molecule has 1 N–H and O–H groups in total. The van der Waals surface area contributed by atoms with Crippen molar-refractivity contribution in [2.75, 3.05) is 14.2 Å². The van der Waals surface area contributed by atoms with Crippen LogP contribution in [0.1, 0.15) is 39.5 Å². The maximum Gasteiger partial charge on any atom is 0.310 e. The van der Waals surface area contributed by atoms with E-state index in [0.717, 1.165) is 6.42 Å². The van der Waals surface area contributed by atoms with Crippen molar-refractivity contribution in [3.8, 4) is 0 Å². The normalized spacial score (nSPS) is 35.2. The molecule has 2 rings (SSSR count). The van der Waals surface area contributed by atoms with Crippen LogP contribution in [0.25, 0.3) is 0 Å². The Hall–Kier alpha value is -0.660. The van der Waals surface area contributed by atoms with E-state index >= 15 is 0 Å². The fraction of sp³-hybridized carbons (Fsp3) is 0.929. The Labute approximate surface area is 126 Å². The van der Waals surface area contributed by atoms with Gasteiger partial charge in [-0.25, -0.2) is 13.1 Å². The maximum atomic E-state index is 12.6. The first-order valence-corrected chi connectivity index (χ1v) is 8.90. The molecule has 2 fully saturated rings. The van der Waals surface area contributed by atoms with Crippen LogP contribution >= 0.6 is 0 Å². The molecule has 2 aliphatic carbocycles. The van der Waals surface area contributed by atoms with Crippen LogP contribution in [-0.2, 0) is 24.3 Å². The molecule has 0 amide bonds. The van der Waals surface area contributed by atoms with Gasteiger partial charge in [-0.1, -0.05) is 20.3 Å². The molecule has 0 radical (unpaired) electrons. The Bertz CT molecular complexity index is 501. The van der Waals surface area contributed by atoms with Gasteiger partial charge in [0.15, 0.2) is 0 Å². The van der Waals surface area contributed by atoms with Crippen molar-refractivity contribution < 1.29 is 22.7 Å². The molecule has 7 heteroatoms. The van der Waals surface area contributed by atoms with Crippen LogP contribution in [0.15, 0.2) is 0 Å². The third-order valence-electron chi connectivity index (χ3n) is 5.12. The monoisotopic (exact) mass is 319 g/mol. The molecule has 4 atom stereocenters. The quantitative estimate of drug-likeness (QED) is 0.766. The molecule has 4 unspecified atom stereocenters. The number of carbonyl (C=O) groups excluding carboxylic acids is 1. The van der Waals surface area contributed by atoms with E-state index < -0.39 is 27.2 Å². The predicted octanol–water partition coefficient (Wildman–Crippen LogP) is 1.06. The van der Waals surface area contributed by atoms with Crippen molar-refractivity contribution in [3.05, 3.63) is 0 Å². The summed E-state index contributed by atoms with van der Waals surface area (Å²) >= 11 is 0. The van der Waals surface area contributed by atoms with E-state index in [1.54, 1.807) is 7.11 Å². The molecule has 122 valence electrons. The number of hydrogen-bond donors (Lipinski definition) is 1. The number of nitrogens with one attached hydrogen (secondary N) is 1. The van der Waals surface area contributed by atoms with Crippen LogP contribution in [0.5, 0.6) is 0 Å². The summed E-state index contributed by atoms with van der Waals surface area (Å²) in [6.07, 6.45) is 2.55. The van der Waals surface area contributed by atoms with Crippen molar-refractivity contribution in [1.82, 2.24) is 4.72 Å². The Morgan fingerprint density at radius 2 is 1.90 bits per heavy atom. The lowest BCUT2D eigenvalue weighted by Gasteiger charge is -2.51. The second-order valence-corrected chi connectivity index (χ2v) is 8.53. The van der Waals surface area contributed by atoms with E-state index in [0.29, 0.717) is 19.3 Å². The molecule has 6 nitrogen and oxygen atoms in total. The van der Waals surface area contributed by atoms with Crippen molar-refractivity contribution in [2.45, 2.75) is 56.9 Å². The van der Waals surface area contributed by atoms with E-state index in [2.05, 4.69) is 4.72 Å². The van der Waals surface area contributed by atoms with Gasteiger partial charge >= 0.3 is 5.97 Å². The highest BCUT2D eigenvalue weighted by Gasteiger charge is 2.52.